The Labute approximate surface area is 267 Å². The Kier molecular flexibility index (Phi) is 12.9. The average Bonchev–Trinajstić information content (AvgIpc) is 3.27. The van der Waals surface area contributed by atoms with Gasteiger partial charge in [-0.05, 0) is 90.3 Å². The summed E-state index contributed by atoms with van der Waals surface area (Å²) in [6, 6.07) is 15.9. The molecule has 0 aromatic heterocycles. The maximum Gasteiger partial charge on any atom is 0.243 e. The molecular formula is C43H23N2+. The van der Waals surface area contributed by atoms with Gasteiger partial charge in [0.25, 0.3) is 0 Å². The van der Waals surface area contributed by atoms with Crippen molar-refractivity contribution < 1.29 is 4.58 Å². The first-order valence-corrected chi connectivity index (χ1v) is 13.4. The van der Waals surface area contributed by atoms with Crippen LogP contribution in [-0.4, -0.2) is 17.3 Å². The maximum atomic E-state index is 4.97. The average molecular weight is 568 g/mol. The van der Waals surface area contributed by atoms with Crippen LogP contribution in [0.3, 0.4) is 0 Å². The number of allylic oxidation sites excluding steroid dienone is 5. The van der Waals surface area contributed by atoms with E-state index in [0.717, 1.165) is 11.4 Å². The molecule has 2 aromatic carbocycles. The number of hydrogen-bond donors (Lipinski definition) is 1. The molecule has 0 radical (unpaired) electrons. The van der Waals surface area contributed by atoms with Crippen LogP contribution < -0.4 is 5.32 Å². The van der Waals surface area contributed by atoms with E-state index in [1.165, 1.54) is 16.3 Å². The fourth-order valence-corrected chi connectivity index (χ4v) is 4.12. The first kappa shape index (κ1) is 32.1. The second-order valence-corrected chi connectivity index (χ2v) is 9.05. The topological polar surface area (TPSA) is 15.0 Å². The zero-order valence-corrected chi connectivity index (χ0v) is 25.0. The SMILES string of the molecule is C#CC#CC#CC#CC#CC#CC#CC#CC#CC#CC#C[N+]1=C(/C=C/C=C/C=C/NC)C(C)(C)c2c1ccc1ccccc21. The standard InChI is InChI=1S/C43H22N2/c1-5-6-7-8-9-10-11-12-13-14-15-16-17-18-19-20-21-22-25-30-37-45-40-35-34-38-31-27-28-32-39(38)42(40)43(2,3)41(45)33-26-23-24-29-36-44-4/h1,23-24,26-29,31-36H,2-4H3/p+1. The Hall–Kier alpha value is -7.45. The molecule has 3 rings (SSSR count). The zero-order valence-electron chi connectivity index (χ0n) is 25.0. The zero-order chi connectivity index (χ0) is 32.0. The lowest BCUT2D eigenvalue weighted by Gasteiger charge is -2.17. The summed E-state index contributed by atoms with van der Waals surface area (Å²) in [4.78, 5) is 0. The molecular weight excluding hydrogens is 544 g/mol. The third-order valence-corrected chi connectivity index (χ3v) is 5.87. The van der Waals surface area contributed by atoms with Gasteiger partial charge in [-0.25, -0.2) is 0 Å². The van der Waals surface area contributed by atoms with Gasteiger partial charge in [0.05, 0.1) is 11.3 Å². The molecule has 1 N–H and O–H groups in total. The fourth-order valence-electron chi connectivity index (χ4n) is 4.12. The molecule has 0 saturated carbocycles. The third-order valence-electron chi connectivity index (χ3n) is 5.87. The summed E-state index contributed by atoms with van der Waals surface area (Å²) < 4.78 is 2.01. The van der Waals surface area contributed by atoms with Crippen LogP contribution in [0.25, 0.3) is 10.8 Å². The van der Waals surface area contributed by atoms with Crippen molar-refractivity contribution in [3.8, 4) is 131 Å². The number of nitrogens with one attached hydrogen (secondary N) is 1. The van der Waals surface area contributed by atoms with E-state index in [9.17, 15) is 0 Å². The van der Waals surface area contributed by atoms with Crippen molar-refractivity contribution in [1.29, 1.82) is 0 Å². The van der Waals surface area contributed by atoms with Gasteiger partial charge in [-0.3, -0.25) is 0 Å². The summed E-state index contributed by atoms with van der Waals surface area (Å²) in [5.41, 5.74) is 3.05. The van der Waals surface area contributed by atoms with Gasteiger partial charge < -0.3 is 5.32 Å². The van der Waals surface area contributed by atoms with Crippen molar-refractivity contribution in [2.45, 2.75) is 19.3 Å². The van der Waals surface area contributed by atoms with Gasteiger partial charge in [0.2, 0.25) is 17.4 Å². The molecule has 0 amide bonds. The highest BCUT2D eigenvalue weighted by Crippen LogP contribution is 2.43. The van der Waals surface area contributed by atoms with Crippen LogP contribution in [0, 0.1) is 131 Å². The molecule has 2 heteroatoms. The highest BCUT2D eigenvalue weighted by Gasteiger charge is 2.45. The first-order valence-electron chi connectivity index (χ1n) is 13.4. The summed E-state index contributed by atoms with van der Waals surface area (Å²) in [6.07, 6.45) is 16.8. The Morgan fingerprint density at radius 2 is 1.13 bits per heavy atom. The molecule has 0 spiro atoms. The number of fused-ring (bicyclic) bond motifs is 3. The van der Waals surface area contributed by atoms with E-state index in [-0.39, 0.29) is 5.41 Å². The monoisotopic (exact) mass is 567 g/mol. The van der Waals surface area contributed by atoms with E-state index in [4.69, 9.17) is 6.42 Å². The van der Waals surface area contributed by atoms with E-state index in [2.05, 4.69) is 186 Å². The molecule has 0 atom stereocenters. The van der Waals surface area contributed by atoms with Crippen LogP contribution in [0.2, 0.25) is 0 Å². The molecule has 0 aliphatic carbocycles. The van der Waals surface area contributed by atoms with Crippen molar-refractivity contribution in [3.05, 3.63) is 78.5 Å². The van der Waals surface area contributed by atoms with Gasteiger partial charge in [0.1, 0.15) is 0 Å². The predicted molar refractivity (Wildman–Crippen MR) is 185 cm³/mol. The van der Waals surface area contributed by atoms with Crippen molar-refractivity contribution in [2.24, 2.45) is 0 Å². The first-order chi connectivity index (χ1) is 22.1. The molecule has 0 saturated heterocycles. The summed E-state index contributed by atoms with van der Waals surface area (Å²) >= 11 is 0. The van der Waals surface area contributed by atoms with Gasteiger partial charge in [-0.15, -0.1) is 11.0 Å². The number of terminal acetylenes is 1. The van der Waals surface area contributed by atoms with Crippen LogP contribution in [0.15, 0.2) is 73.0 Å². The minimum Gasteiger partial charge on any atom is -0.394 e. The summed E-state index contributed by atoms with van der Waals surface area (Å²) in [7, 11) is 1.86. The Morgan fingerprint density at radius 1 is 0.622 bits per heavy atom. The Morgan fingerprint density at radius 3 is 1.69 bits per heavy atom. The number of rotatable bonds is 4. The molecule has 2 aromatic rings. The third kappa shape index (κ3) is 9.85. The van der Waals surface area contributed by atoms with Crippen molar-refractivity contribution in [1.82, 2.24) is 5.32 Å². The normalized spacial score (nSPS) is 10.8. The van der Waals surface area contributed by atoms with E-state index < -0.39 is 0 Å². The van der Waals surface area contributed by atoms with Gasteiger partial charge in [-0.1, -0.05) is 42.5 Å². The summed E-state index contributed by atoms with van der Waals surface area (Å²) in [5, 5.41) is 5.37. The van der Waals surface area contributed by atoms with Gasteiger partial charge in [-0.2, -0.15) is 0 Å². The predicted octanol–water partition coefficient (Wildman–Crippen LogP) is 4.69. The van der Waals surface area contributed by atoms with Gasteiger partial charge >= 0.3 is 0 Å². The highest BCUT2D eigenvalue weighted by atomic mass is 15.0. The van der Waals surface area contributed by atoms with E-state index in [1.807, 2.05) is 42.1 Å². The molecule has 0 bridgehead atoms. The fraction of sp³-hybridized carbons (Fsp3) is 0.0930. The number of benzene rings is 2. The van der Waals surface area contributed by atoms with E-state index in [1.54, 1.807) is 0 Å². The number of hydrogen-bond acceptors (Lipinski definition) is 1. The Balaban J connectivity index is 1.76. The van der Waals surface area contributed by atoms with Crippen LogP contribution in [0.1, 0.15) is 19.4 Å². The van der Waals surface area contributed by atoms with Crippen LogP contribution >= 0.6 is 0 Å². The lowest BCUT2D eigenvalue weighted by molar-refractivity contribution is -0.332. The molecule has 1 aliphatic heterocycles. The quantitative estimate of drug-likeness (QED) is 0.322. The minimum absolute atomic E-state index is 0.279. The van der Waals surface area contributed by atoms with E-state index in [0.29, 0.717) is 0 Å². The highest BCUT2D eigenvalue weighted by molar-refractivity contribution is 6.08. The largest absolute Gasteiger partial charge is 0.394 e. The van der Waals surface area contributed by atoms with Crippen LogP contribution in [-0.2, 0) is 5.41 Å². The minimum atomic E-state index is -0.279. The lowest BCUT2D eigenvalue weighted by Crippen LogP contribution is -2.26. The lowest BCUT2D eigenvalue weighted by atomic mass is 9.79. The number of nitrogens with zero attached hydrogens (tertiary/aromatic N) is 1. The molecule has 0 unspecified atom stereocenters. The van der Waals surface area contributed by atoms with Gasteiger partial charge in [0.15, 0.2) is 0 Å². The molecule has 0 fully saturated rings. The maximum absolute atomic E-state index is 4.97. The molecule has 1 aliphatic rings. The molecule has 1 heterocycles. The van der Waals surface area contributed by atoms with Crippen molar-refractivity contribution >= 4 is 22.2 Å². The molecule has 204 valence electrons. The summed E-state index contributed by atoms with van der Waals surface area (Å²) in [5.74, 6) is 51.1. The van der Waals surface area contributed by atoms with Crippen LogP contribution in [0.5, 0.6) is 0 Å². The smallest absolute Gasteiger partial charge is 0.243 e. The second kappa shape index (κ2) is 18.1. The second-order valence-electron chi connectivity index (χ2n) is 9.05. The van der Waals surface area contributed by atoms with E-state index >= 15 is 0 Å². The van der Waals surface area contributed by atoms with Crippen LogP contribution in [0.4, 0.5) is 5.69 Å². The van der Waals surface area contributed by atoms with Gasteiger partial charge in [0, 0.05) is 89.9 Å². The van der Waals surface area contributed by atoms with Crippen molar-refractivity contribution in [2.75, 3.05) is 7.05 Å². The van der Waals surface area contributed by atoms with Crippen molar-refractivity contribution in [3.63, 3.8) is 0 Å². The summed E-state index contributed by atoms with van der Waals surface area (Å²) in [6.45, 7) is 4.44. The molecule has 2 nitrogen and oxygen atoms in total. The molecule has 45 heavy (non-hydrogen) atoms. The Bertz CT molecular complexity index is 2330.